The monoisotopic (exact) mass is 348 g/mol. The summed E-state index contributed by atoms with van der Waals surface area (Å²) >= 11 is 0. The Morgan fingerprint density at radius 2 is 1.58 bits per heavy atom. The molecule has 26 heavy (non-hydrogen) atoms. The minimum absolute atomic E-state index is 0.141. The fourth-order valence-electron chi connectivity index (χ4n) is 2.52. The Labute approximate surface area is 150 Å². The van der Waals surface area contributed by atoms with Crippen LogP contribution in [0.5, 0.6) is 5.75 Å². The van der Waals surface area contributed by atoms with Crippen LogP contribution in [0.1, 0.15) is 0 Å². The number of nitro groups is 1. The summed E-state index contributed by atoms with van der Waals surface area (Å²) in [7, 11) is 0. The molecule has 130 valence electrons. The van der Waals surface area contributed by atoms with Crippen LogP contribution in [0.2, 0.25) is 0 Å². The average molecular weight is 348 g/mol. The van der Waals surface area contributed by atoms with Crippen LogP contribution in [-0.4, -0.2) is 17.4 Å². The molecule has 3 aromatic carbocycles. The van der Waals surface area contributed by atoms with Crippen molar-refractivity contribution in [3.05, 3.63) is 89.0 Å². The van der Waals surface area contributed by atoms with Crippen LogP contribution < -0.4 is 10.1 Å². The second-order valence-electron chi connectivity index (χ2n) is 5.47. The molecule has 6 nitrogen and oxygen atoms in total. The van der Waals surface area contributed by atoms with Gasteiger partial charge in [0.1, 0.15) is 11.4 Å². The van der Waals surface area contributed by atoms with Crippen molar-refractivity contribution in [1.29, 1.82) is 0 Å². The molecule has 1 amide bonds. The van der Waals surface area contributed by atoms with Crippen molar-refractivity contribution in [1.82, 2.24) is 0 Å². The number of ether oxygens (including phenoxy) is 1. The molecule has 3 aromatic rings. The Morgan fingerprint density at radius 1 is 0.923 bits per heavy atom. The van der Waals surface area contributed by atoms with Crippen LogP contribution >= 0.6 is 0 Å². The molecule has 0 aliphatic heterocycles. The molecule has 0 saturated heterocycles. The summed E-state index contributed by atoms with van der Waals surface area (Å²) in [6.45, 7) is -0.254. The van der Waals surface area contributed by atoms with Crippen molar-refractivity contribution in [3.63, 3.8) is 0 Å². The number of nitrogens with zero attached hydrogens (tertiary/aromatic N) is 1. The van der Waals surface area contributed by atoms with E-state index in [1.807, 2.05) is 48.5 Å². The van der Waals surface area contributed by atoms with E-state index < -0.39 is 10.8 Å². The fraction of sp³-hybridized carbons (Fsp3) is 0.0500. The molecule has 0 aliphatic carbocycles. The SMILES string of the molecule is O=C(COc1ccccc1-c1ccccc1)Nc1ccccc1[N+](=O)[O-]. The number of hydrogen-bond acceptors (Lipinski definition) is 4. The molecule has 3 rings (SSSR count). The van der Waals surface area contributed by atoms with Gasteiger partial charge >= 0.3 is 0 Å². The predicted octanol–water partition coefficient (Wildman–Crippen LogP) is 4.28. The van der Waals surface area contributed by atoms with E-state index in [1.54, 1.807) is 18.2 Å². The summed E-state index contributed by atoms with van der Waals surface area (Å²) in [6.07, 6.45) is 0. The lowest BCUT2D eigenvalue weighted by molar-refractivity contribution is -0.383. The highest BCUT2D eigenvalue weighted by Gasteiger charge is 2.15. The lowest BCUT2D eigenvalue weighted by Gasteiger charge is -2.12. The molecule has 0 saturated carbocycles. The van der Waals surface area contributed by atoms with Crippen LogP contribution in [0.3, 0.4) is 0 Å². The molecule has 0 heterocycles. The first-order chi connectivity index (χ1) is 12.6. The van der Waals surface area contributed by atoms with Crippen LogP contribution in [0.15, 0.2) is 78.9 Å². The lowest BCUT2D eigenvalue weighted by Crippen LogP contribution is -2.20. The number of carbonyl (C=O) groups excluding carboxylic acids is 1. The second-order valence-corrected chi connectivity index (χ2v) is 5.47. The van der Waals surface area contributed by atoms with Gasteiger partial charge in [0.25, 0.3) is 11.6 Å². The largest absolute Gasteiger partial charge is 0.483 e. The van der Waals surface area contributed by atoms with Gasteiger partial charge in [-0.05, 0) is 17.7 Å². The Balaban J connectivity index is 1.71. The smallest absolute Gasteiger partial charge is 0.292 e. The van der Waals surface area contributed by atoms with Crippen LogP contribution in [-0.2, 0) is 4.79 Å². The van der Waals surface area contributed by atoms with Gasteiger partial charge in [0.2, 0.25) is 0 Å². The second kappa shape index (κ2) is 7.94. The summed E-state index contributed by atoms with van der Waals surface area (Å²) in [5, 5.41) is 13.5. The highest BCUT2D eigenvalue weighted by molar-refractivity contribution is 5.94. The van der Waals surface area contributed by atoms with E-state index in [2.05, 4.69) is 5.32 Å². The number of rotatable bonds is 6. The Morgan fingerprint density at radius 3 is 2.35 bits per heavy atom. The normalized spacial score (nSPS) is 10.2. The van der Waals surface area contributed by atoms with Crippen molar-refractivity contribution in [2.75, 3.05) is 11.9 Å². The fourth-order valence-corrected chi connectivity index (χ4v) is 2.52. The Hall–Kier alpha value is -3.67. The van der Waals surface area contributed by atoms with E-state index in [0.29, 0.717) is 5.75 Å². The third-order valence-electron chi connectivity index (χ3n) is 3.71. The molecule has 0 aliphatic rings. The van der Waals surface area contributed by atoms with Gasteiger partial charge in [-0.2, -0.15) is 0 Å². The van der Waals surface area contributed by atoms with Gasteiger partial charge in [-0.15, -0.1) is 0 Å². The Kier molecular flexibility index (Phi) is 5.24. The van der Waals surface area contributed by atoms with Gasteiger partial charge in [0, 0.05) is 11.6 Å². The zero-order valence-electron chi connectivity index (χ0n) is 13.8. The van der Waals surface area contributed by atoms with Crippen LogP contribution in [0, 0.1) is 10.1 Å². The van der Waals surface area contributed by atoms with E-state index in [-0.39, 0.29) is 18.0 Å². The highest BCUT2D eigenvalue weighted by atomic mass is 16.6. The minimum Gasteiger partial charge on any atom is -0.483 e. The van der Waals surface area contributed by atoms with Gasteiger partial charge in [0.15, 0.2) is 6.61 Å². The van der Waals surface area contributed by atoms with Crippen molar-refractivity contribution >= 4 is 17.3 Å². The third kappa shape index (κ3) is 4.05. The highest BCUT2D eigenvalue weighted by Crippen LogP contribution is 2.29. The van der Waals surface area contributed by atoms with E-state index in [4.69, 9.17) is 4.74 Å². The maximum absolute atomic E-state index is 12.1. The number of hydrogen-bond donors (Lipinski definition) is 1. The van der Waals surface area contributed by atoms with E-state index >= 15 is 0 Å². The molecule has 0 unspecified atom stereocenters. The third-order valence-corrected chi connectivity index (χ3v) is 3.71. The maximum atomic E-state index is 12.1. The zero-order chi connectivity index (χ0) is 18.4. The van der Waals surface area contributed by atoms with Gasteiger partial charge in [0.05, 0.1) is 4.92 Å². The van der Waals surface area contributed by atoms with E-state index in [0.717, 1.165) is 11.1 Å². The number of benzene rings is 3. The van der Waals surface area contributed by atoms with Crippen molar-refractivity contribution in [3.8, 4) is 16.9 Å². The first kappa shape index (κ1) is 17.2. The molecular formula is C20H16N2O4. The van der Waals surface area contributed by atoms with Crippen LogP contribution in [0.4, 0.5) is 11.4 Å². The topological polar surface area (TPSA) is 81.5 Å². The van der Waals surface area contributed by atoms with Gasteiger partial charge in [-0.1, -0.05) is 60.7 Å². The number of nitro benzene ring substituents is 1. The molecular weight excluding hydrogens is 332 g/mol. The molecule has 0 fully saturated rings. The summed E-state index contributed by atoms with van der Waals surface area (Å²) < 4.78 is 5.64. The summed E-state index contributed by atoms with van der Waals surface area (Å²) in [4.78, 5) is 22.6. The van der Waals surface area contributed by atoms with E-state index in [9.17, 15) is 14.9 Å². The molecule has 0 aromatic heterocycles. The zero-order valence-corrected chi connectivity index (χ0v) is 13.8. The Bertz CT molecular complexity index is 926. The predicted molar refractivity (Wildman–Crippen MR) is 99.1 cm³/mol. The first-order valence-electron chi connectivity index (χ1n) is 7.95. The average Bonchev–Trinajstić information content (AvgIpc) is 2.67. The van der Waals surface area contributed by atoms with Crippen LogP contribution in [0.25, 0.3) is 11.1 Å². The first-order valence-corrected chi connectivity index (χ1v) is 7.95. The van der Waals surface area contributed by atoms with Crippen molar-refractivity contribution in [2.45, 2.75) is 0 Å². The number of carbonyl (C=O) groups is 1. The molecule has 6 heteroatoms. The summed E-state index contributed by atoms with van der Waals surface area (Å²) in [5.41, 5.74) is 1.82. The summed E-state index contributed by atoms with van der Waals surface area (Å²) in [6, 6.07) is 23.1. The number of anilines is 1. The van der Waals surface area contributed by atoms with Crippen molar-refractivity contribution in [2.24, 2.45) is 0 Å². The van der Waals surface area contributed by atoms with Gasteiger partial charge < -0.3 is 10.1 Å². The molecule has 0 bridgehead atoms. The summed E-state index contributed by atoms with van der Waals surface area (Å²) in [5.74, 6) is 0.0959. The molecule has 0 radical (unpaired) electrons. The molecule has 0 atom stereocenters. The number of nitrogens with one attached hydrogen (secondary N) is 1. The molecule has 1 N–H and O–H groups in total. The molecule has 0 spiro atoms. The maximum Gasteiger partial charge on any atom is 0.292 e. The lowest BCUT2D eigenvalue weighted by atomic mass is 10.1. The number of para-hydroxylation sites is 3. The van der Waals surface area contributed by atoms with E-state index in [1.165, 1.54) is 12.1 Å². The standard InChI is InChI=1S/C20H16N2O4/c23-20(21-17-11-5-6-12-18(17)22(24)25)14-26-19-13-7-4-10-16(19)15-8-2-1-3-9-15/h1-13H,14H2,(H,21,23). The quantitative estimate of drug-likeness (QED) is 0.532. The number of amides is 1. The van der Waals surface area contributed by atoms with Gasteiger partial charge in [-0.3, -0.25) is 14.9 Å². The van der Waals surface area contributed by atoms with Gasteiger partial charge in [-0.25, -0.2) is 0 Å². The van der Waals surface area contributed by atoms with Crippen molar-refractivity contribution < 1.29 is 14.5 Å². The minimum atomic E-state index is -0.541.